The molecule has 418 valence electrons. The number of hydrogen-bond donors (Lipinski definition) is 3. The molecule has 12 rings (SSSR count). The molecular formula is C62H68Cl2F2N10O4. The summed E-state index contributed by atoms with van der Waals surface area (Å²) in [5.74, 6) is 0.676. The lowest BCUT2D eigenvalue weighted by Crippen LogP contribution is -2.51. The Hall–Kier alpha value is -6.40. The van der Waals surface area contributed by atoms with Crippen LogP contribution in [0.3, 0.4) is 0 Å². The van der Waals surface area contributed by atoms with E-state index in [2.05, 4.69) is 49.3 Å². The molecule has 80 heavy (non-hydrogen) atoms. The fourth-order valence-corrected chi connectivity index (χ4v) is 12.8. The van der Waals surface area contributed by atoms with Crippen molar-refractivity contribution in [2.45, 2.75) is 101 Å². The highest BCUT2D eigenvalue weighted by Gasteiger charge is 2.37. The van der Waals surface area contributed by atoms with Gasteiger partial charge in [-0.25, -0.2) is 8.78 Å². The topological polar surface area (TPSA) is 136 Å². The number of hydrogen-bond acceptors (Lipinski definition) is 14. The van der Waals surface area contributed by atoms with Crippen LogP contribution >= 0.6 is 23.2 Å². The number of aliphatic hydroxyl groups is 1. The Morgan fingerprint density at radius 2 is 1.31 bits per heavy atom. The number of allylic oxidation sites excluding steroid dienone is 1. The Morgan fingerprint density at radius 1 is 0.700 bits per heavy atom. The number of nitrogens with one attached hydrogen (secondary N) is 2. The lowest BCUT2D eigenvalue weighted by molar-refractivity contribution is 0.0339. The van der Waals surface area contributed by atoms with Gasteiger partial charge in [0.05, 0.1) is 16.7 Å². The molecule has 0 amide bonds. The van der Waals surface area contributed by atoms with Crippen LogP contribution in [-0.4, -0.2) is 138 Å². The van der Waals surface area contributed by atoms with Crippen LogP contribution in [0.5, 0.6) is 17.8 Å². The number of aliphatic hydroxyl groups excluding tert-OH is 1. The van der Waals surface area contributed by atoms with Crippen LogP contribution < -0.4 is 34.6 Å². The van der Waals surface area contributed by atoms with E-state index in [0.29, 0.717) is 77.3 Å². The van der Waals surface area contributed by atoms with Crippen LogP contribution in [0.4, 0.5) is 20.4 Å². The van der Waals surface area contributed by atoms with Crippen molar-refractivity contribution < 1.29 is 28.1 Å². The molecule has 4 bridgehead atoms. The number of piperazine rings is 2. The average Bonchev–Trinajstić information content (AvgIpc) is 4.03. The highest BCUT2D eigenvalue weighted by atomic mass is 35.5. The Morgan fingerprint density at radius 3 is 2.00 bits per heavy atom. The summed E-state index contributed by atoms with van der Waals surface area (Å²) < 4.78 is 53.2. The number of nitrogens with zero attached hydrogens (tertiary/aromatic N) is 8. The lowest BCUT2D eigenvalue weighted by Gasteiger charge is -2.39. The molecular weight excluding hydrogens is 1060 g/mol. The van der Waals surface area contributed by atoms with E-state index in [1.54, 1.807) is 12.1 Å². The third-order valence-electron chi connectivity index (χ3n) is 16.6. The second-order valence-corrected chi connectivity index (χ2v) is 23.4. The maximum absolute atomic E-state index is 17.6. The van der Waals surface area contributed by atoms with E-state index in [9.17, 15) is 5.11 Å². The van der Waals surface area contributed by atoms with Gasteiger partial charge >= 0.3 is 12.0 Å². The number of fused-ring (bicyclic) bond motifs is 7. The summed E-state index contributed by atoms with van der Waals surface area (Å²) in [6, 6.07) is 26.7. The summed E-state index contributed by atoms with van der Waals surface area (Å²) in [5, 5.41) is 21.3. The van der Waals surface area contributed by atoms with E-state index in [-0.39, 0.29) is 56.1 Å². The van der Waals surface area contributed by atoms with Gasteiger partial charge in [-0.2, -0.15) is 19.9 Å². The van der Waals surface area contributed by atoms with Gasteiger partial charge in [0.15, 0.2) is 11.6 Å². The number of anilines is 2. The van der Waals surface area contributed by atoms with Crippen LogP contribution in [0, 0.1) is 11.6 Å². The fraction of sp³-hybridized carbons (Fsp3) is 0.419. The zero-order valence-corrected chi connectivity index (χ0v) is 47.0. The number of ether oxygens (including phenoxy) is 3. The van der Waals surface area contributed by atoms with E-state index in [4.69, 9.17) is 52.4 Å². The van der Waals surface area contributed by atoms with Crippen LogP contribution in [-0.2, 0) is 0 Å². The second-order valence-electron chi connectivity index (χ2n) is 22.6. The molecule has 0 spiro atoms. The van der Waals surface area contributed by atoms with E-state index >= 15 is 8.78 Å². The molecule has 5 aliphatic rings. The summed E-state index contributed by atoms with van der Waals surface area (Å²) in [5.41, 5.74) is 2.10. The molecule has 6 heterocycles. The first-order valence-electron chi connectivity index (χ1n) is 28.2. The molecule has 1 aliphatic carbocycles. The number of rotatable bonds is 20. The van der Waals surface area contributed by atoms with Gasteiger partial charge in [0.1, 0.15) is 47.0 Å². The van der Waals surface area contributed by atoms with E-state index < -0.39 is 11.6 Å². The quantitative estimate of drug-likeness (QED) is 0.0289. The minimum absolute atomic E-state index is 0.0429. The highest BCUT2D eigenvalue weighted by Crippen LogP contribution is 2.44. The lowest BCUT2D eigenvalue weighted by atomic mass is 9.88. The largest absolute Gasteiger partial charge is 0.508 e. The smallest absolute Gasteiger partial charge is 0.319 e. The molecule has 2 aromatic heterocycles. The Bertz CT molecular complexity index is 3450. The van der Waals surface area contributed by atoms with Gasteiger partial charge in [-0.05, 0) is 124 Å². The monoisotopic (exact) mass is 1120 g/mol. The average molecular weight is 1130 g/mol. The van der Waals surface area contributed by atoms with Gasteiger partial charge in [0.2, 0.25) is 0 Å². The number of aromatic nitrogens is 4. The van der Waals surface area contributed by atoms with Crippen molar-refractivity contribution in [3.8, 4) is 28.9 Å². The van der Waals surface area contributed by atoms with Crippen molar-refractivity contribution in [3.63, 3.8) is 0 Å². The van der Waals surface area contributed by atoms with Crippen molar-refractivity contribution in [1.82, 2.24) is 40.4 Å². The molecule has 4 saturated heterocycles. The molecule has 7 aromatic rings. The third-order valence-corrected chi connectivity index (χ3v) is 17.2. The van der Waals surface area contributed by atoms with Crippen LogP contribution in [0.2, 0.25) is 10.0 Å². The first-order chi connectivity index (χ1) is 38.9. The molecule has 5 fully saturated rings. The van der Waals surface area contributed by atoms with Crippen molar-refractivity contribution in [3.05, 3.63) is 124 Å². The summed E-state index contributed by atoms with van der Waals surface area (Å²) in [6.45, 7) is 4.44. The van der Waals surface area contributed by atoms with Gasteiger partial charge in [0, 0.05) is 97.7 Å². The van der Waals surface area contributed by atoms with E-state index in [1.165, 1.54) is 12.2 Å². The van der Waals surface area contributed by atoms with Gasteiger partial charge in [0.25, 0.3) is 0 Å². The maximum atomic E-state index is 17.6. The van der Waals surface area contributed by atoms with E-state index in [0.717, 1.165) is 113 Å². The zero-order valence-electron chi connectivity index (χ0n) is 45.5. The first-order valence-corrected chi connectivity index (χ1v) is 29.0. The second kappa shape index (κ2) is 23.6. The summed E-state index contributed by atoms with van der Waals surface area (Å²) in [7, 11) is 6.17. The molecule has 4 atom stereocenters. The molecule has 4 unspecified atom stereocenters. The Labute approximate surface area is 475 Å². The minimum Gasteiger partial charge on any atom is -0.508 e. The molecule has 4 aliphatic heterocycles. The zero-order chi connectivity index (χ0) is 55.0. The highest BCUT2D eigenvalue weighted by molar-refractivity contribution is 6.35. The van der Waals surface area contributed by atoms with Gasteiger partial charge in [-0.1, -0.05) is 90.6 Å². The van der Waals surface area contributed by atoms with Crippen molar-refractivity contribution in [2.75, 3.05) is 77.0 Å². The minimum atomic E-state index is -0.607. The Balaban J connectivity index is 0.698. The number of unbranched alkanes of at least 4 members (excludes halogenated alkanes) is 3. The summed E-state index contributed by atoms with van der Waals surface area (Å²) >= 11 is 14.0. The molecule has 18 heteroatoms. The van der Waals surface area contributed by atoms with Crippen LogP contribution in [0.15, 0.2) is 90.7 Å². The van der Waals surface area contributed by atoms with Crippen LogP contribution in [0.1, 0.15) is 75.3 Å². The summed E-state index contributed by atoms with van der Waals surface area (Å²) in [4.78, 5) is 28.0. The predicted octanol–water partition coefficient (Wildman–Crippen LogP) is 11.9. The van der Waals surface area contributed by atoms with Crippen molar-refractivity contribution >= 4 is 79.6 Å². The number of halogens is 4. The third kappa shape index (κ3) is 11.7. The van der Waals surface area contributed by atoms with Crippen molar-refractivity contribution in [2.24, 2.45) is 0 Å². The Kier molecular flexibility index (Phi) is 16.0. The maximum Gasteiger partial charge on any atom is 0.319 e. The fourth-order valence-electron chi connectivity index (χ4n) is 12.2. The van der Waals surface area contributed by atoms with Gasteiger partial charge in [-0.3, -0.25) is 4.90 Å². The SMILES string of the molecule is CN(CCCCCCOc1nc(N2CC3CCC(C2)N3)c2cc(Cl)c(/C=C/C(O)=C\c3ccccc3)c(F)c2n1)COc1cc(-c2c(Cl)cc3c(N4CC5CCC(C4)N5)nc(O[C@H]4C[C@@H](N(C)C)C4)nc3c2F)c2ccccc2c1. The standard InChI is InChI=1S/C62H68Cl2F2N10O4/c1-73(2)43-27-46(28-43)80-62-70-58-51(60(72-62)76-34-41-19-20-42(35-76)68-41)31-53(64)54(56(58)66)49-29-45(26-38-15-9-10-16-47(38)49)79-36-74(3)23-11-4-5-12-24-78-61-69-57-50(59(71-61)75-32-39-17-18-40(33-75)67-39)30-52(63)48(55(57)65)22-21-44(77)25-37-13-7-6-8-14-37/h6-10,13-16,21-22,25-26,29-31,39-43,46,67-68,77H,4-5,11-12,17-20,23-24,27-28,32-36H2,1-3H3/b22-21+,44-25+/t39?,40?,41?,42?,43-,46+. The molecule has 5 aromatic carbocycles. The normalized spacial score (nSPS) is 21.9. The number of benzene rings is 5. The molecule has 3 N–H and O–H groups in total. The predicted molar refractivity (Wildman–Crippen MR) is 316 cm³/mol. The van der Waals surface area contributed by atoms with E-state index in [1.807, 2.05) is 79.8 Å². The molecule has 14 nitrogen and oxygen atoms in total. The summed E-state index contributed by atoms with van der Waals surface area (Å²) in [6.07, 6.45) is 14.0. The molecule has 0 radical (unpaired) electrons. The van der Waals surface area contributed by atoms with Crippen LogP contribution in [0.25, 0.3) is 55.9 Å². The van der Waals surface area contributed by atoms with Gasteiger partial charge in [-0.15, -0.1) is 0 Å². The van der Waals surface area contributed by atoms with Crippen molar-refractivity contribution in [1.29, 1.82) is 0 Å². The molecule has 1 saturated carbocycles. The first kappa shape index (κ1) is 54.2. The van der Waals surface area contributed by atoms with Gasteiger partial charge < -0.3 is 44.7 Å².